The summed E-state index contributed by atoms with van der Waals surface area (Å²) < 4.78 is 8.37. The minimum atomic E-state index is -0.705. The fraction of sp³-hybridized carbons (Fsp3) is 0.409. The lowest BCUT2D eigenvalue weighted by Crippen LogP contribution is -2.30. The second-order valence-electron chi connectivity index (χ2n) is 8.68. The van der Waals surface area contributed by atoms with Crippen molar-refractivity contribution in [1.82, 2.24) is 19.1 Å². The van der Waals surface area contributed by atoms with Crippen molar-refractivity contribution in [1.29, 1.82) is 0 Å². The van der Waals surface area contributed by atoms with Crippen LogP contribution in [0, 0.1) is 5.92 Å². The maximum absolute atomic E-state index is 13.1. The maximum atomic E-state index is 13.1. The van der Waals surface area contributed by atoms with E-state index in [1.807, 2.05) is 0 Å². The van der Waals surface area contributed by atoms with E-state index in [4.69, 9.17) is 4.74 Å². The molecule has 1 N–H and O–H groups in total. The average Bonchev–Trinajstić information content (AvgIpc) is 3.02. The lowest BCUT2D eigenvalue weighted by molar-refractivity contribution is -0.105. The summed E-state index contributed by atoms with van der Waals surface area (Å²) in [5.74, 6) is 0.689. The number of hydrogen-bond donors (Lipinski definition) is 1. The van der Waals surface area contributed by atoms with Crippen molar-refractivity contribution in [3.8, 4) is 0 Å². The van der Waals surface area contributed by atoms with Gasteiger partial charge >= 0.3 is 6.09 Å². The first-order valence-electron chi connectivity index (χ1n) is 10.1. The van der Waals surface area contributed by atoms with E-state index in [2.05, 4.69) is 29.1 Å². The molecule has 9 heteroatoms. The van der Waals surface area contributed by atoms with Crippen molar-refractivity contribution in [3.63, 3.8) is 0 Å². The van der Waals surface area contributed by atoms with Crippen LogP contribution < -0.4 is 10.9 Å². The zero-order valence-corrected chi connectivity index (χ0v) is 18.4. The molecular weight excluding hydrogens is 398 g/mol. The lowest BCUT2D eigenvalue weighted by atomic mass is 10.1. The first-order chi connectivity index (χ1) is 14.6. The van der Waals surface area contributed by atoms with Gasteiger partial charge in [-0.05, 0) is 51.3 Å². The van der Waals surface area contributed by atoms with E-state index in [1.54, 1.807) is 45.3 Å². The first kappa shape index (κ1) is 22.2. The van der Waals surface area contributed by atoms with Crippen LogP contribution >= 0.6 is 0 Å². The first-order valence-corrected chi connectivity index (χ1v) is 10.1. The minimum absolute atomic E-state index is 0.0161. The third-order valence-electron chi connectivity index (χ3n) is 4.44. The number of amides is 1. The minimum Gasteiger partial charge on any atom is -0.443 e. The van der Waals surface area contributed by atoms with Gasteiger partial charge in [-0.3, -0.25) is 14.6 Å². The molecule has 0 unspecified atom stereocenters. The van der Waals surface area contributed by atoms with E-state index in [-0.39, 0.29) is 12.2 Å². The number of carbonyl (C=O) groups is 2. The van der Waals surface area contributed by atoms with Gasteiger partial charge in [0, 0.05) is 12.4 Å². The summed E-state index contributed by atoms with van der Waals surface area (Å²) in [5.41, 5.74) is 0.985. The Morgan fingerprint density at radius 3 is 2.68 bits per heavy atom. The predicted molar refractivity (Wildman–Crippen MR) is 117 cm³/mol. The summed E-state index contributed by atoms with van der Waals surface area (Å²) in [7, 11) is 0. The molecule has 164 valence electrons. The Balaban J connectivity index is 2.16. The maximum Gasteiger partial charge on any atom is 0.420 e. The summed E-state index contributed by atoms with van der Waals surface area (Å²) in [6, 6.07) is 4.86. The Hall–Kier alpha value is -3.49. The highest BCUT2D eigenvalue weighted by Crippen LogP contribution is 2.23. The van der Waals surface area contributed by atoms with Gasteiger partial charge in [-0.2, -0.15) is 0 Å². The fourth-order valence-electron chi connectivity index (χ4n) is 3.25. The van der Waals surface area contributed by atoms with E-state index in [0.29, 0.717) is 35.6 Å². The molecule has 0 spiro atoms. The van der Waals surface area contributed by atoms with E-state index in [1.165, 1.54) is 15.2 Å². The van der Waals surface area contributed by atoms with Crippen molar-refractivity contribution in [2.45, 2.75) is 53.2 Å². The van der Waals surface area contributed by atoms with Gasteiger partial charge in [0.15, 0.2) is 0 Å². The van der Waals surface area contributed by atoms with Gasteiger partial charge in [-0.1, -0.05) is 13.8 Å². The third kappa shape index (κ3) is 4.99. The Bertz CT molecular complexity index is 1170. The number of ether oxygens (including phenoxy) is 1. The molecule has 3 aromatic heterocycles. The van der Waals surface area contributed by atoms with Crippen LogP contribution in [0.3, 0.4) is 0 Å². The number of fused-ring (bicyclic) bond motifs is 1. The molecule has 9 nitrogen and oxygen atoms in total. The number of nitrogens with one attached hydrogen (secondary N) is 1. The molecule has 31 heavy (non-hydrogen) atoms. The number of hydrogen-bond acceptors (Lipinski definition) is 6. The summed E-state index contributed by atoms with van der Waals surface area (Å²) in [6.07, 6.45) is 3.78. The van der Waals surface area contributed by atoms with Gasteiger partial charge in [0.1, 0.15) is 22.6 Å². The average molecular weight is 425 g/mol. The van der Waals surface area contributed by atoms with Gasteiger partial charge in [-0.15, -0.1) is 0 Å². The number of imidazole rings is 1. The van der Waals surface area contributed by atoms with Crippen molar-refractivity contribution in [2.24, 2.45) is 5.92 Å². The van der Waals surface area contributed by atoms with Crippen LogP contribution in [-0.4, -0.2) is 37.2 Å². The van der Waals surface area contributed by atoms with Gasteiger partial charge in [0.25, 0.3) is 5.56 Å². The molecule has 0 aliphatic rings. The molecule has 0 aromatic carbocycles. The van der Waals surface area contributed by atoms with Crippen LogP contribution in [0.5, 0.6) is 0 Å². The van der Waals surface area contributed by atoms with E-state index in [9.17, 15) is 14.4 Å². The number of anilines is 1. The molecule has 0 atom stereocenters. The predicted octanol–water partition coefficient (Wildman–Crippen LogP) is 3.19. The van der Waals surface area contributed by atoms with Gasteiger partial charge in [-0.25, -0.2) is 14.3 Å². The zero-order chi connectivity index (χ0) is 22.8. The van der Waals surface area contributed by atoms with Crippen LogP contribution in [0.25, 0.3) is 11.0 Å². The van der Waals surface area contributed by atoms with Crippen molar-refractivity contribution >= 4 is 29.2 Å². The number of rotatable bonds is 6. The number of carbonyl (C=O) groups excluding carboxylic acids is 2. The molecule has 3 rings (SSSR count). The van der Waals surface area contributed by atoms with Crippen LogP contribution in [-0.2, 0) is 22.5 Å². The number of aromatic nitrogens is 4. The van der Waals surface area contributed by atoms with Crippen LogP contribution in [0.15, 0.2) is 35.4 Å². The summed E-state index contributed by atoms with van der Waals surface area (Å²) in [5, 5.41) is 2.38. The fourth-order valence-corrected chi connectivity index (χ4v) is 3.25. The normalized spacial score (nSPS) is 11.7. The number of pyridine rings is 2. The van der Waals surface area contributed by atoms with Gasteiger partial charge in [0.05, 0.1) is 17.8 Å². The zero-order valence-electron chi connectivity index (χ0n) is 18.4. The third-order valence-corrected chi connectivity index (χ3v) is 4.44. The van der Waals surface area contributed by atoms with E-state index < -0.39 is 17.3 Å². The Morgan fingerprint density at radius 2 is 2.03 bits per heavy atom. The van der Waals surface area contributed by atoms with Gasteiger partial charge < -0.3 is 14.6 Å². The standard InChI is InChI=1S/C22H27N5O4/c1-14(2)11-16-19-17(8-9-23-16)27(21(30)31-22(3,4)5)18(25-19)12-26-10-6-7-15(20(26)29)24-13-28/h6-10,13-14H,11-12H2,1-5H3,(H,24,28). The molecule has 0 bridgehead atoms. The van der Waals surface area contributed by atoms with Gasteiger partial charge in [0.2, 0.25) is 6.41 Å². The second-order valence-corrected chi connectivity index (χ2v) is 8.68. The Labute approximate surface area is 180 Å². The topological polar surface area (TPSA) is 108 Å². The molecule has 3 aromatic rings. The quantitative estimate of drug-likeness (QED) is 0.608. The monoisotopic (exact) mass is 425 g/mol. The van der Waals surface area contributed by atoms with E-state index in [0.717, 1.165) is 5.69 Å². The summed E-state index contributed by atoms with van der Waals surface area (Å²) in [6.45, 7) is 9.54. The number of nitrogens with zero attached hydrogens (tertiary/aromatic N) is 4. The highest BCUT2D eigenvalue weighted by molar-refractivity contribution is 5.88. The largest absolute Gasteiger partial charge is 0.443 e. The van der Waals surface area contributed by atoms with Crippen LogP contribution in [0.4, 0.5) is 10.5 Å². The molecule has 0 aliphatic carbocycles. The molecule has 0 fully saturated rings. The van der Waals surface area contributed by atoms with Crippen LogP contribution in [0.1, 0.15) is 46.1 Å². The molecular formula is C22H27N5O4. The Morgan fingerprint density at radius 1 is 1.29 bits per heavy atom. The molecule has 1 amide bonds. The van der Waals surface area contributed by atoms with E-state index >= 15 is 0 Å². The highest BCUT2D eigenvalue weighted by Gasteiger charge is 2.25. The molecule has 0 radical (unpaired) electrons. The van der Waals surface area contributed by atoms with Crippen molar-refractivity contribution in [2.75, 3.05) is 5.32 Å². The van der Waals surface area contributed by atoms with Crippen molar-refractivity contribution < 1.29 is 14.3 Å². The molecule has 0 saturated heterocycles. The molecule has 0 saturated carbocycles. The summed E-state index contributed by atoms with van der Waals surface area (Å²) in [4.78, 5) is 45.6. The summed E-state index contributed by atoms with van der Waals surface area (Å²) >= 11 is 0. The van der Waals surface area contributed by atoms with Crippen molar-refractivity contribution in [3.05, 3.63) is 52.5 Å². The second kappa shape index (κ2) is 8.71. The molecule has 3 heterocycles. The SMILES string of the molecule is CC(C)Cc1nccc2c1nc(Cn1cccc(NC=O)c1=O)n2C(=O)OC(C)(C)C. The highest BCUT2D eigenvalue weighted by atomic mass is 16.6. The smallest absolute Gasteiger partial charge is 0.420 e. The molecule has 0 aliphatic heterocycles. The lowest BCUT2D eigenvalue weighted by Gasteiger charge is -2.20. The Kier molecular flexibility index (Phi) is 6.24. The van der Waals surface area contributed by atoms with Crippen LogP contribution in [0.2, 0.25) is 0 Å².